The van der Waals surface area contributed by atoms with E-state index in [1.807, 2.05) is 35.0 Å². The minimum Gasteiger partial charge on any atom is -0.495 e. The van der Waals surface area contributed by atoms with E-state index in [1.54, 1.807) is 7.11 Å². The van der Waals surface area contributed by atoms with E-state index < -0.39 is 0 Å². The van der Waals surface area contributed by atoms with Crippen LogP contribution < -0.4 is 4.74 Å². The fourth-order valence-electron chi connectivity index (χ4n) is 1.60. The molecule has 0 saturated carbocycles. The molecule has 0 spiro atoms. The number of methoxy groups -OCH3 is 1. The summed E-state index contributed by atoms with van der Waals surface area (Å²) >= 11 is 0. The van der Waals surface area contributed by atoms with Gasteiger partial charge in [-0.25, -0.2) is 0 Å². The molecule has 0 N–H and O–H groups in total. The normalized spacial score (nSPS) is 10.0. The summed E-state index contributed by atoms with van der Waals surface area (Å²) < 4.78 is 7.27. The zero-order chi connectivity index (χ0) is 9.97. The SMILES string of the molecule is C#CCn1cc(OC)c2ccccc21. The molecule has 0 amide bonds. The Balaban J connectivity index is 2.68. The Bertz CT molecular complexity index is 490. The van der Waals surface area contributed by atoms with Gasteiger partial charge in [-0.15, -0.1) is 6.42 Å². The van der Waals surface area contributed by atoms with Crippen molar-refractivity contribution in [3.63, 3.8) is 0 Å². The molecule has 0 aliphatic rings. The van der Waals surface area contributed by atoms with Gasteiger partial charge in [-0.05, 0) is 12.1 Å². The molecule has 0 bridgehead atoms. The Morgan fingerprint density at radius 3 is 2.93 bits per heavy atom. The van der Waals surface area contributed by atoms with Crippen LogP contribution >= 0.6 is 0 Å². The number of fused-ring (bicyclic) bond motifs is 1. The summed E-state index contributed by atoms with van der Waals surface area (Å²) in [4.78, 5) is 0. The lowest BCUT2D eigenvalue weighted by atomic mass is 10.2. The molecule has 2 rings (SSSR count). The van der Waals surface area contributed by atoms with Gasteiger partial charge in [0.2, 0.25) is 0 Å². The lowest BCUT2D eigenvalue weighted by Crippen LogP contribution is -1.91. The van der Waals surface area contributed by atoms with Crippen molar-refractivity contribution in [2.45, 2.75) is 6.54 Å². The fraction of sp³-hybridized carbons (Fsp3) is 0.167. The Labute approximate surface area is 83.1 Å². The lowest BCUT2D eigenvalue weighted by Gasteiger charge is -1.97. The van der Waals surface area contributed by atoms with Gasteiger partial charge in [0.15, 0.2) is 0 Å². The second-order valence-corrected chi connectivity index (χ2v) is 3.05. The van der Waals surface area contributed by atoms with E-state index in [2.05, 4.69) is 5.92 Å². The van der Waals surface area contributed by atoms with E-state index in [9.17, 15) is 0 Å². The topological polar surface area (TPSA) is 14.2 Å². The Hall–Kier alpha value is -1.88. The van der Waals surface area contributed by atoms with Crippen LogP contribution in [-0.2, 0) is 6.54 Å². The number of ether oxygens (including phenoxy) is 1. The van der Waals surface area contributed by atoms with Gasteiger partial charge < -0.3 is 9.30 Å². The first-order valence-corrected chi connectivity index (χ1v) is 4.42. The summed E-state index contributed by atoms with van der Waals surface area (Å²) in [5, 5.41) is 1.10. The molecule has 1 heterocycles. The quantitative estimate of drug-likeness (QED) is 0.655. The third-order valence-corrected chi connectivity index (χ3v) is 2.23. The molecule has 2 nitrogen and oxygen atoms in total. The average molecular weight is 185 g/mol. The number of aromatic nitrogens is 1. The molecular formula is C12H11NO. The molecule has 0 fully saturated rings. The molecule has 0 atom stereocenters. The van der Waals surface area contributed by atoms with Crippen LogP contribution in [0.3, 0.4) is 0 Å². The van der Waals surface area contributed by atoms with E-state index >= 15 is 0 Å². The highest BCUT2D eigenvalue weighted by Gasteiger charge is 2.06. The molecule has 1 aromatic heterocycles. The lowest BCUT2D eigenvalue weighted by molar-refractivity contribution is 0.418. The van der Waals surface area contributed by atoms with Gasteiger partial charge >= 0.3 is 0 Å². The molecule has 0 saturated heterocycles. The van der Waals surface area contributed by atoms with Crippen LogP contribution in [0.4, 0.5) is 0 Å². The second kappa shape index (κ2) is 3.47. The summed E-state index contributed by atoms with van der Waals surface area (Å²) in [6, 6.07) is 8.05. The Kier molecular flexibility index (Phi) is 2.16. The summed E-state index contributed by atoms with van der Waals surface area (Å²) in [5.41, 5.74) is 1.11. The molecule has 0 unspecified atom stereocenters. The van der Waals surface area contributed by atoms with E-state index in [4.69, 9.17) is 11.2 Å². The van der Waals surface area contributed by atoms with E-state index in [0.717, 1.165) is 16.7 Å². The van der Waals surface area contributed by atoms with E-state index in [-0.39, 0.29) is 0 Å². The molecule has 0 aliphatic carbocycles. The number of terminal acetylenes is 1. The highest BCUT2D eigenvalue weighted by Crippen LogP contribution is 2.27. The molecule has 2 heteroatoms. The number of rotatable bonds is 2. The maximum atomic E-state index is 5.29. The summed E-state index contributed by atoms with van der Waals surface area (Å²) in [6.07, 6.45) is 7.23. The van der Waals surface area contributed by atoms with Crippen molar-refractivity contribution in [1.29, 1.82) is 0 Å². The smallest absolute Gasteiger partial charge is 0.144 e. The third kappa shape index (κ3) is 1.23. The van der Waals surface area contributed by atoms with Gasteiger partial charge in [0, 0.05) is 11.6 Å². The standard InChI is InChI=1S/C12H11NO/c1-3-8-13-9-12(14-2)10-6-4-5-7-11(10)13/h1,4-7,9H,8H2,2H3. The van der Waals surface area contributed by atoms with Crippen LogP contribution in [0.5, 0.6) is 5.75 Å². The number of nitrogens with zero attached hydrogens (tertiary/aromatic N) is 1. The largest absolute Gasteiger partial charge is 0.495 e. The number of benzene rings is 1. The van der Waals surface area contributed by atoms with Gasteiger partial charge in [-0.3, -0.25) is 0 Å². The van der Waals surface area contributed by atoms with E-state index in [1.165, 1.54) is 0 Å². The van der Waals surface area contributed by atoms with Crippen molar-refractivity contribution in [2.75, 3.05) is 7.11 Å². The molecule has 0 radical (unpaired) electrons. The minimum absolute atomic E-state index is 0.573. The monoisotopic (exact) mass is 185 g/mol. The van der Waals surface area contributed by atoms with Crippen molar-refractivity contribution in [2.24, 2.45) is 0 Å². The summed E-state index contributed by atoms with van der Waals surface area (Å²) in [7, 11) is 1.67. The maximum Gasteiger partial charge on any atom is 0.144 e. The van der Waals surface area contributed by atoms with Crippen LogP contribution in [0, 0.1) is 12.3 Å². The minimum atomic E-state index is 0.573. The van der Waals surface area contributed by atoms with Gasteiger partial charge in [0.1, 0.15) is 5.75 Å². The Morgan fingerprint density at radius 1 is 1.43 bits per heavy atom. The van der Waals surface area contributed by atoms with Crippen molar-refractivity contribution in [3.8, 4) is 18.1 Å². The summed E-state index contributed by atoms with van der Waals surface area (Å²) in [6.45, 7) is 0.573. The third-order valence-electron chi connectivity index (χ3n) is 2.23. The number of hydrogen-bond acceptors (Lipinski definition) is 1. The highest BCUT2D eigenvalue weighted by atomic mass is 16.5. The number of hydrogen-bond donors (Lipinski definition) is 0. The molecule has 14 heavy (non-hydrogen) atoms. The van der Waals surface area contributed by atoms with E-state index in [0.29, 0.717) is 6.54 Å². The predicted octanol–water partition coefficient (Wildman–Crippen LogP) is 2.28. The van der Waals surface area contributed by atoms with Crippen LogP contribution in [-0.4, -0.2) is 11.7 Å². The first kappa shape index (κ1) is 8.71. The summed E-state index contributed by atoms with van der Waals surface area (Å²) in [5.74, 6) is 3.49. The van der Waals surface area contributed by atoms with Crippen LogP contribution in [0.1, 0.15) is 0 Å². The first-order valence-electron chi connectivity index (χ1n) is 4.42. The van der Waals surface area contributed by atoms with Gasteiger partial charge in [0.25, 0.3) is 0 Å². The number of para-hydroxylation sites is 1. The molecule has 70 valence electrons. The van der Waals surface area contributed by atoms with Crippen molar-refractivity contribution in [3.05, 3.63) is 30.5 Å². The van der Waals surface area contributed by atoms with Crippen LogP contribution in [0.2, 0.25) is 0 Å². The zero-order valence-electron chi connectivity index (χ0n) is 8.03. The maximum absolute atomic E-state index is 5.29. The average Bonchev–Trinajstić information content (AvgIpc) is 2.58. The van der Waals surface area contributed by atoms with Gasteiger partial charge in [-0.2, -0.15) is 0 Å². The zero-order valence-corrected chi connectivity index (χ0v) is 8.03. The molecule has 2 aromatic rings. The van der Waals surface area contributed by atoms with Crippen LogP contribution in [0.25, 0.3) is 10.9 Å². The van der Waals surface area contributed by atoms with Crippen LogP contribution in [0.15, 0.2) is 30.5 Å². The second-order valence-electron chi connectivity index (χ2n) is 3.05. The first-order chi connectivity index (χ1) is 6.86. The molecule has 0 aliphatic heterocycles. The molecule has 1 aromatic carbocycles. The fourth-order valence-corrected chi connectivity index (χ4v) is 1.60. The Morgan fingerprint density at radius 2 is 2.21 bits per heavy atom. The van der Waals surface area contributed by atoms with Gasteiger partial charge in [-0.1, -0.05) is 18.1 Å². The van der Waals surface area contributed by atoms with Gasteiger partial charge in [0.05, 0.1) is 19.2 Å². The van der Waals surface area contributed by atoms with Crippen molar-refractivity contribution in [1.82, 2.24) is 4.57 Å². The predicted molar refractivity (Wildman–Crippen MR) is 57.3 cm³/mol. The van der Waals surface area contributed by atoms with Crippen molar-refractivity contribution >= 4 is 10.9 Å². The van der Waals surface area contributed by atoms with Crippen molar-refractivity contribution < 1.29 is 4.74 Å². The highest BCUT2D eigenvalue weighted by molar-refractivity contribution is 5.86. The molecular weight excluding hydrogens is 174 g/mol.